The number of thiophene rings is 1. The average Bonchev–Trinajstić information content (AvgIpc) is 3.09. The maximum Gasteiger partial charge on any atom is 0.273 e. The molecule has 5 nitrogen and oxygen atoms in total. The highest BCUT2D eigenvalue weighted by Gasteiger charge is 2.20. The van der Waals surface area contributed by atoms with Crippen molar-refractivity contribution >= 4 is 67.4 Å². The minimum Gasteiger partial charge on any atom is -0.360 e. The molecule has 0 spiro atoms. The molecule has 0 radical (unpaired) electrons. The van der Waals surface area contributed by atoms with Crippen molar-refractivity contribution in [1.29, 1.82) is 0 Å². The van der Waals surface area contributed by atoms with Crippen molar-refractivity contribution < 1.29 is 17.6 Å². The van der Waals surface area contributed by atoms with Crippen molar-refractivity contribution in [2.75, 3.05) is 0 Å². The van der Waals surface area contributed by atoms with E-state index in [1.807, 2.05) is 11.6 Å². The first kappa shape index (κ1) is 18.9. The Balaban J connectivity index is 1.84. The number of benzene rings is 1. The SMILES string of the molecule is Cc1c[nH]c2c(/C=C/C(=O)NS(=O)(=O)c3cc(Cl)c(Cl)s3)cc(F)cc12. The number of hydrogen-bond donors (Lipinski definition) is 2. The van der Waals surface area contributed by atoms with Crippen LogP contribution in [0.2, 0.25) is 9.36 Å². The van der Waals surface area contributed by atoms with Gasteiger partial charge in [-0.2, -0.15) is 0 Å². The van der Waals surface area contributed by atoms with Gasteiger partial charge in [0.2, 0.25) is 0 Å². The highest BCUT2D eigenvalue weighted by atomic mass is 35.5. The van der Waals surface area contributed by atoms with Crippen LogP contribution in [0.5, 0.6) is 0 Å². The number of hydrogen-bond acceptors (Lipinski definition) is 4. The number of halogens is 3. The number of carbonyl (C=O) groups excluding carboxylic acids is 1. The van der Waals surface area contributed by atoms with E-state index in [-0.39, 0.29) is 13.6 Å². The van der Waals surface area contributed by atoms with Gasteiger partial charge in [0.05, 0.1) is 10.5 Å². The third-order valence-corrected chi connectivity index (χ3v) is 7.21. The Morgan fingerprint density at radius 2 is 2.04 bits per heavy atom. The molecule has 3 aromatic rings. The lowest BCUT2D eigenvalue weighted by molar-refractivity contribution is -0.114. The molecule has 10 heteroatoms. The van der Waals surface area contributed by atoms with Crippen molar-refractivity contribution in [2.24, 2.45) is 0 Å². The van der Waals surface area contributed by atoms with Crippen LogP contribution in [0.4, 0.5) is 4.39 Å². The topological polar surface area (TPSA) is 79.0 Å². The molecule has 0 aliphatic rings. The summed E-state index contributed by atoms with van der Waals surface area (Å²) in [5, 5.41) is 0.768. The minimum atomic E-state index is -4.10. The van der Waals surface area contributed by atoms with Crippen LogP contribution in [0.25, 0.3) is 17.0 Å². The number of sulfonamides is 1. The first-order chi connectivity index (χ1) is 12.2. The predicted octanol–water partition coefficient (Wildman–Crippen LogP) is 4.50. The van der Waals surface area contributed by atoms with Crippen LogP contribution in [0, 0.1) is 12.7 Å². The first-order valence-corrected chi connectivity index (χ1v) is 10.2. The van der Waals surface area contributed by atoms with Crippen LogP contribution in [0.1, 0.15) is 11.1 Å². The molecule has 1 aromatic carbocycles. The Hall–Kier alpha value is -1.87. The summed E-state index contributed by atoms with van der Waals surface area (Å²) in [6, 6.07) is 3.79. The van der Waals surface area contributed by atoms with Gasteiger partial charge < -0.3 is 4.98 Å². The highest BCUT2D eigenvalue weighted by molar-refractivity contribution is 7.92. The number of nitrogens with one attached hydrogen (secondary N) is 2. The fourth-order valence-corrected chi connectivity index (χ4v) is 5.16. The second kappa shape index (κ2) is 7.03. The zero-order valence-electron chi connectivity index (χ0n) is 13.1. The van der Waals surface area contributed by atoms with Crippen LogP contribution >= 0.6 is 34.5 Å². The van der Waals surface area contributed by atoms with E-state index >= 15 is 0 Å². The van der Waals surface area contributed by atoms with Gasteiger partial charge in [-0.1, -0.05) is 23.2 Å². The van der Waals surface area contributed by atoms with Gasteiger partial charge in [-0.3, -0.25) is 4.79 Å². The number of aromatic nitrogens is 1. The van der Waals surface area contributed by atoms with E-state index in [0.717, 1.165) is 29.0 Å². The normalized spacial score (nSPS) is 12.2. The number of aryl methyl sites for hydroxylation is 1. The Morgan fingerprint density at radius 1 is 1.31 bits per heavy atom. The lowest BCUT2D eigenvalue weighted by Gasteiger charge is -2.02. The summed E-state index contributed by atoms with van der Waals surface area (Å²) in [5.41, 5.74) is 1.92. The first-order valence-electron chi connectivity index (χ1n) is 7.14. The van der Waals surface area contributed by atoms with Gasteiger partial charge in [0, 0.05) is 23.2 Å². The van der Waals surface area contributed by atoms with Crippen LogP contribution in [0.3, 0.4) is 0 Å². The van der Waals surface area contributed by atoms with Crippen LogP contribution in [0.15, 0.2) is 34.7 Å². The van der Waals surface area contributed by atoms with Gasteiger partial charge in [-0.15, -0.1) is 11.3 Å². The molecule has 1 amide bonds. The van der Waals surface area contributed by atoms with E-state index in [0.29, 0.717) is 16.5 Å². The van der Waals surface area contributed by atoms with E-state index in [1.54, 1.807) is 6.20 Å². The number of amides is 1. The number of fused-ring (bicyclic) bond motifs is 1. The van der Waals surface area contributed by atoms with E-state index in [1.165, 1.54) is 18.2 Å². The van der Waals surface area contributed by atoms with Gasteiger partial charge in [0.1, 0.15) is 14.4 Å². The van der Waals surface area contributed by atoms with Crippen molar-refractivity contribution in [3.63, 3.8) is 0 Å². The lowest BCUT2D eigenvalue weighted by atomic mass is 10.1. The second-order valence-electron chi connectivity index (χ2n) is 5.38. The molecule has 0 bridgehead atoms. The maximum atomic E-state index is 13.7. The molecule has 0 unspecified atom stereocenters. The van der Waals surface area contributed by atoms with Gasteiger partial charge in [0.15, 0.2) is 0 Å². The molecule has 0 aliphatic carbocycles. The summed E-state index contributed by atoms with van der Waals surface area (Å²) < 4.78 is 39.9. The average molecular weight is 433 g/mol. The van der Waals surface area contributed by atoms with Gasteiger partial charge in [0.25, 0.3) is 15.9 Å². The van der Waals surface area contributed by atoms with Crippen LogP contribution in [-0.2, 0) is 14.8 Å². The van der Waals surface area contributed by atoms with Crippen LogP contribution in [-0.4, -0.2) is 19.3 Å². The van der Waals surface area contributed by atoms with Crippen molar-refractivity contribution in [1.82, 2.24) is 9.71 Å². The summed E-state index contributed by atoms with van der Waals surface area (Å²) >= 11 is 12.2. The van der Waals surface area contributed by atoms with Crippen LogP contribution < -0.4 is 4.72 Å². The molecule has 0 saturated heterocycles. The molecule has 0 aliphatic heterocycles. The van der Waals surface area contributed by atoms with E-state index in [9.17, 15) is 17.6 Å². The van der Waals surface area contributed by atoms with Gasteiger partial charge in [-0.05, 0) is 36.8 Å². The summed E-state index contributed by atoms with van der Waals surface area (Å²) in [4.78, 5) is 15.0. The summed E-state index contributed by atoms with van der Waals surface area (Å²) in [7, 11) is -4.10. The largest absolute Gasteiger partial charge is 0.360 e. The Morgan fingerprint density at radius 3 is 2.69 bits per heavy atom. The number of aromatic amines is 1. The minimum absolute atomic E-state index is 0.0873. The zero-order valence-corrected chi connectivity index (χ0v) is 16.3. The third-order valence-electron chi connectivity index (χ3n) is 3.53. The molecule has 2 heterocycles. The Kier molecular flexibility index (Phi) is 5.12. The quantitative estimate of drug-likeness (QED) is 0.595. The molecule has 2 aromatic heterocycles. The van der Waals surface area contributed by atoms with Crippen molar-refractivity contribution in [3.8, 4) is 0 Å². The molecule has 0 saturated carbocycles. The van der Waals surface area contributed by atoms with Crippen molar-refractivity contribution in [2.45, 2.75) is 11.1 Å². The fourth-order valence-electron chi connectivity index (χ4n) is 2.33. The fraction of sp³-hybridized carbons (Fsp3) is 0.0625. The molecular weight excluding hydrogens is 422 g/mol. The second-order valence-corrected chi connectivity index (χ2v) is 9.35. The molecule has 26 heavy (non-hydrogen) atoms. The zero-order chi connectivity index (χ0) is 19.1. The van der Waals surface area contributed by atoms with E-state index in [4.69, 9.17) is 23.2 Å². The van der Waals surface area contributed by atoms with E-state index in [2.05, 4.69) is 4.98 Å². The summed E-state index contributed by atoms with van der Waals surface area (Å²) in [6.45, 7) is 1.82. The molecule has 3 rings (SSSR count). The highest BCUT2D eigenvalue weighted by Crippen LogP contribution is 2.34. The number of H-pyrrole nitrogens is 1. The predicted molar refractivity (Wildman–Crippen MR) is 102 cm³/mol. The third kappa shape index (κ3) is 3.78. The molecule has 0 atom stereocenters. The number of rotatable bonds is 4. The standard InChI is InChI=1S/C16H11Cl2FN2O3S2/c1-8-7-20-15-9(4-10(19)5-11(8)15)2-3-13(22)21-26(23,24)14-6-12(17)16(18)25-14/h2-7,20H,1H3,(H,21,22)/b3-2+. The Bertz CT molecular complexity index is 1130. The van der Waals surface area contributed by atoms with Gasteiger partial charge >= 0.3 is 0 Å². The maximum absolute atomic E-state index is 13.7. The van der Waals surface area contributed by atoms with Crippen molar-refractivity contribution in [3.05, 3.63) is 56.8 Å². The Labute approximate surface area is 162 Å². The smallest absolute Gasteiger partial charge is 0.273 e. The summed E-state index contributed by atoms with van der Waals surface area (Å²) in [6.07, 6.45) is 4.07. The molecule has 0 fully saturated rings. The van der Waals surface area contributed by atoms with E-state index < -0.39 is 21.7 Å². The molecule has 136 valence electrons. The summed E-state index contributed by atoms with van der Waals surface area (Å²) in [5.74, 6) is -1.35. The lowest BCUT2D eigenvalue weighted by Crippen LogP contribution is -2.28. The molecule has 2 N–H and O–H groups in total. The molecular formula is C16H11Cl2FN2O3S2. The van der Waals surface area contributed by atoms with Gasteiger partial charge in [-0.25, -0.2) is 17.5 Å². The monoisotopic (exact) mass is 432 g/mol. The number of carbonyl (C=O) groups is 1.